The Balaban J connectivity index is 1.77. The molecule has 3 atom stereocenters. The van der Waals surface area contributed by atoms with E-state index >= 15 is 0 Å². The van der Waals surface area contributed by atoms with Gasteiger partial charge in [-0.05, 0) is 61.3 Å². The third-order valence-corrected chi connectivity index (χ3v) is 6.35. The highest BCUT2D eigenvalue weighted by molar-refractivity contribution is 7.91. The smallest absolute Gasteiger partial charge is 0.178 e. The number of fused-ring (bicyclic) bond motifs is 2. The van der Waals surface area contributed by atoms with Crippen LogP contribution in [0.2, 0.25) is 0 Å². The predicted octanol–water partition coefficient (Wildman–Crippen LogP) is 3.04. The molecule has 2 saturated carbocycles. The average Bonchev–Trinajstić information content (AvgIpc) is 2.91. The van der Waals surface area contributed by atoms with Crippen LogP contribution in [0.5, 0.6) is 0 Å². The van der Waals surface area contributed by atoms with E-state index in [1.54, 1.807) is 0 Å². The summed E-state index contributed by atoms with van der Waals surface area (Å²) in [6.07, 6.45) is 4.74. The maximum absolute atomic E-state index is 12.8. The van der Waals surface area contributed by atoms with Crippen molar-refractivity contribution in [3.63, 3.8) is 0 Å². The first-order valence-electron chi connectivity index (χ1n) is 6.53. The van der Waals surface area contributed by atoms with Crippen LogP contribution < -0.4 is 0 Å². The summed E-state index contributed by atoms with van der Waals surface area (Å²) < 4.78 is 37.3. The van der Waals surface area contributed by atoms with Gasteiger partial charge in [0.2, 0.25) is 0 Å². The van der Waals surface area contributed by atoms with Crippen molar-refractivity contribution in [2.75, 3.05) is 5.75 Å². The summed E-state index contributed by atoms with van der Waals surface area (Å²) in [5, 5.41) is 0. The van der Waals surface area contributed by atoms with Gasteiger partial charge in [-0.3, -0.25) is 0 Å². The van der Waals surface area contributed by atoms with Gasteiger partial charge in [-0.1, -0.05) is 6.42 Å². The fourth-order valence-electron chi connectivity index (χ4n) is 3.60. The minimum absolute atomic E-state index is 0.236. The van der Waals surface area contributed by atoms with Crippen LogP contribution in [0.4, 0.5) is 4.39 Å². The molecule has 1 aromatic carbocycles. The zero-order valence-corrected chi connectivity index (χ0v) is 11.0. The second-order valence-electron chi connectivity index (χ2n) is 5.67. The van der Waals surface area contributed by atoms with E-state index in [1.807, 2.05) is 0 Å². The minimum Gasteiger partial charge on any atom is -0.224 e. The van der Waals surface area contributed by atoms with Crippen molar-refractivity contribution in [3.05, 3.63) is 30.1 Å². The highest BCUT2D eigenvalue weighted by Gasteiger charge is 2.41. The zero-order valence-electron chi connectivity index (χ0n) is 10.2. The summed E-state index contributed by atoms with van der Waals surface area (Å²) >= 11 is 0. The SMILES string of the molecule is O=S(=O)(CC1CC2CCC1C2)c1ccc(F)cc1. The normalized spacial score (nSPS) is 30.8. The lowest BCUT2D eigenvalue weighted by Gasteiger charge is -2.21. The molecule has 4 heteroatoms. The molecule has 0 aliphatic heterocycles. The Morgan fingerprint density at radius 3 is 2.39 bits per heavy atom. The van der Waals surface area contributed by atoms with Crippen molar-refractivity contribution < 1.29 is 12.8 Å². The predicted molar refractivity (Wildman–Crippen MR) is 67.4 cm³/mol. The van der Waals surface area contributed by atoms with Crippen LogP contribution in [-0.2, 0) is 9.84 Å². The van der Waals surface area contributed by atoms with Crippen molar-refractivity contribution in [2.45, 2.75) is 30.6 Å². The standard InChI is InChI=1S/C14H17FO2S/c15-13-3-5-14(6-4-13)18(16,17)9-12-8-10-1-2-11(12)7-10/h3-6,10-12H,1-2,7-9H2. The molecule has 0 N–H and O–H groups in total. The van der Waals surface area contributed by atoms with Gasteiger partial charge in [-0.15, -0.1) is 0 Å². The second kappa shape index (κ2) is 4.34. The Kier molecular flexibility index (Phi) is 2.93. The molecule has 3 rings (SSSR count). The molecule has 0 saturated heterocycles. The number of rotatable bonds is 3. The average molecular weight is 268 g/mol. The molecule has 0 aromatic heterocycles. The lowest BCUT2D eigenvalue weighted by atomic mass is 9.90. The van der Waals surface area contributed by atoms with Crippen molar-refractivity contribution >= 4 is 9.84 Å². The molecule has 18 heavy (non-hydrogen) atoms. The van der Waals surface area contributed by atoms with Gasteiger partial charge in [-0.2, -0.15) is 0 Å². The fraction of sp³-hybridized carbons (Fsp3) is 0.571. The minimum atomic E-state index is -3.25. The largest absolute Gasteiger partial charge is 0.224 e. The summed E-state index contributed by atoms with van der Waals surface area (Å²) in [6, 6.07) is 5.18. The van der Waals surface area contributed by atoms with Gasteiger partial charge in [-0.25, -0.2) is 12.8 Å². The van der Waals surface area contributed by atoms with Gasteiger partial charge in [0.25, 0.3) is 0 Å². The molecule has 0 heterocycles. The highest BCUT2D eigenvalue weighted by Crippen LogP contribution is 2.48. The van der Waals surface area contributed by atoms with Crippen LogP contribution >= 0.6 is 0 Å². The molecule has 3 unspecified atom stereocenters. The summed E-state index contributed by atoms with van der Waals surface area (Å²) in [4.78, 5) is 0.256. The van der Waals surface area contributed by atoms with Gasteiger partial charge < -0.3 is 0 Å². The number of sulfone groups is 1. The van der Waals surface area contributed by atoms with E-state index in [-0.39, 0.29) is 10.6 Å². The molecule has 98 valence electrons. The number of halogens is 1. The van der Waals surface area contributed by atoms with Gasteiger partial charge in [0.05, 0.1) is 10.6 Å². The first-order chi connectivity index (χ1) is 8.54. The van der Waals surface area contributed by atoms with E-state index < -0.39 is 15.7 Å². The van der Waals surface area contributed by atoms with Gasteiger partial charge in [0, 0.05) is 0 Å². The maximum Gasteiger partial charge on any atom is 0.178 e. The zero-order chi connectivity index (χ0) is 12.8. The van der Waals surface area contributed by atoms with Crippen molar-refractivity contribution in [3.8, 4) is 0 Å². The third-order valence-electron chi connectivity index (χ3n) is 4.49. The van der Waals surface area contributed by atoms with Crippen molar-refractivity contribution in [1.29, 1.82) is 0 Å². The molecule has 0 amide bonds. The van der Waals surface area contributed by atoms with Crippen LogP contribution in [0.15, 0.2) is 29.2 Å². The molecule has 0 spiro atoms. The Labute approximate surface area is 107 Å². The van der Waals surface area contributed by atoms with E-state index in [1.165, 1.54) is 43.5 Å². The van der Waals surface area contributed by atoms with Crippen LogP contribution in [0.25, 0.3) is 0 Å². The lowest BCUT2D eigenvalue weighted by molar-refractivity contribution is 0.360. The van der Waals surface area contributed by atoms with Crippen LogP contribution in [0, 0.1) is 23.6 Å². The summed E-state index contributed by atoms with van der Waals surface area (Å²) in [6.45, 7) is 0. The van der Waals surface area contributed by atoms with Crippen LogP contribution in [0.3, 0.4) is 0 Å². The molecule has 2 aliphatic rings. The molecule has 2 nitrogen and oxygen atoms in total. The monoisotopic (exact) mass is 268 g/mol. The van der Waals surface area contributed by atoms with Crippen LogP contribution in [-0.4, -0.2) is 14.2 Å². The highest BCUT2D eigenvalue weighted by atomic mass is 32.2. The second-order valence-corrected chi connectivity index (χ2v) is 7.70. The fourth-order valence-corrected chi connectivity index (χ4v) is 5.32. The van der Waals surface area contributed by atoms with Gasteiger partial charge in [0.1, 0.15) is 5.82 Å². The molecule has 2 fully saturated rings. The summed E-state index contributed by atoms with van der Waals surface area (Å²) in [7, 11) is -3.25. The van der Waals surface area contributed by atoms with Crippen LogP contribution in [0.1, 0.15) is 25.7 Å². The molecular formula is C14H17FO2S. The molecule has 0 radical (unpaired) electrons. The summed E-state index contributed by atoms with van der Waals surface area (Å²) in [5.41, 5.74) is 0. The number of hydrogen-bond donors (Lipinski definition) is 0. The molecule has 2 bridgehead atoms. The maximum atomic E-state index is 12.8. The van der Waals surface area contributed by atoms with E-state index in [9.17, 15) is 12.8 Å². The number of hydrogen-bond acceptors (Lipinski definition) is 2. The first kappa shape index (κ1) is 12.2. The van der Waals surface area contributed by atoms with Crippen molar-refractivity contribution in [2.24, 2.45) is 17.8 Å². The summed E-state index contributed by atoms with van der Waals surface area (Å²) in [5.74, 6) is 1.51. The first-order valence-corrected chi connectivity index (χ1v) is 8.18. The molecular weight excluding hydrogens is 251 g/mol. The van der Waals surface area contributed by atoms with E-state index in [0.29, 0.717) is 11.8 Å². The third kappa shape index (κ3) is 2.18. The molecule has 2 aliphatic carbocycles. The lowest BCUT2D eigenvalue weighted by Crippen LogP contribution is -2.21. The topological polar surface area (TPSA) is 34.1 Å². The Morgan fingerprint density at radius 2 is 1.83 bits per heavy atom. The Bertz CT molecular complexity index is 535. The van der Waals surface area contributed by atoms with E-state index in [2.05, 4.69) is 0 Å². The Morgan fingerprint density at radius 1 is 1.11 bits per heavy atom. The van der Waals surface area contributed by atoms with Crippen molar-refractivity contribution in [1.82, 2.24) is 0 Å². The Hall–Kier alpha value is -0.900. The van der Waals surface area contributed by atoms with E-state index in [0.717, 1.165) is 12.3 Å². The van der Waals surface area contributed by atoms with Gasteiger partial charge in [0.15, 0.2) is 9.84 Å². The quantitative estimate of drug-likeness (QED) is 0.790. The van der Waals surface area contributed by atoms with Gasteiger partial charge >= 0.3 is 0 Å². The van der Waals surface area contributed by atoms with E-state index in [4.69, 9.17) is 0 Å². The number of benzene rings is 1. The molecule has 1 aromatic rings.